The minimum absolute atomic E-state index is 0.805. The van der Waals surface area contributed by atoms with E-state index in [4.69, 9.17) is 5.21 Å². The Labute approximate surface area is 80.3 Å². The lowest BCUT2D eigenvalue weighted by molar-refractivity contribution is 0.316. The molecule has 0 aromatic rings. The standard InChI is InChI=1S/C11H17NO/c1-3-5-7-8-10-11(12-13)9-6-4-2/h4,13H,2,6-10H2,1H3/b12-11-. The molecule has 2 nitrogen and oxygen atoms in total. The average Bonchev–Trinajstić information content (AvgIpc) is 2.17. The fourth-order valence-corrected chi connectivity index (χ4v) is 1.000. The van der Waals surface area contributed by atoms with Gasteiger partial charge in [-0.1, -0.05) is 11.2 Å². The minimum atomic E-state index is 0.805. The highest BCUT2D eigenvalue weighted by Gasteiger charge is 1.97. The van der Waals surface area contributed by atoms with Crippen molar-refractivity contribution < 1.29 is 5.21 Å². The van der Waals surface area contributed by atoms with E-state index in [1.54, 1.807) is 0 Å². The summed E-state index contributed by atoms with van der Waals surface area (Å²) in [7, 11) is 0. The summed E-state index contributed by atoms with van der Waals surface area (Å²) >= 11 is 0. The number of unbranched alkanes of at least 4 members (excludes halogenated alkanes) is 1. The summed E-state index contributed by atoms with van der Waals surface area (Å²) in [5.41, 5.74) is 0.845. The van der Waals surface area contributed by atoms with Crippen LogP contribution in [0.1, 0.15) is 39.0 Å². The van der Waals surface area contributed by atoms with E-state index in [1.807, 2.05) is 13.0 Å². The third-order valence-electron chi connectivity index (χ3n) is 1.72. The molecule has 0 aromatic carbocycles. The molecule has 0 aliphatic carbocycles. The van der Waals surface area contributed by atoms with E-state index in [2.05, 4.69) is 23.6 Å². The predicted molar refractivity (Wildman–Crippen MR) is 56.0 cm³/mol. The number of oxime groups is 1. The molecule has 0 atom stereocenters. The number of hydrogen-bond acceptors (Lipinski definition) is 2. The molecule has 0 aromatic heterocycles. The molecule has 1 N–H and O–H groups in total. The highest BCUT2D eigenvalue weighted by atomic mass is 16.4. The quantitative estimate of drug-likeness (QED) is 0.167. The molecule has 0 aliphatic rings. The lowest BCUT2D eigenvalue weighted by Gasteiger charge is -1.99. The van der Waals surface area contributed by atoms with Gasteiger partial charge in [-0.3, -0.25) is 0 Å². The summed E-state index contributed by atoms with van der Waals surface area (Å²) in [6.07, 6.45) is 6.19. The van der Waals surface area contributed by atoms with Gasteiger partial charge in [-0.2, -0.15) is 0 Å². The maximum absolute atomic E-state index is 8.63. The molecule has 0 heterocycles. The zero-order chi connectivity index (χ0) is 9.94. The van der Waals surface area contributed by atoms with Gasteiger partial charge < -0.3 is 5.21 Å². The van der Waals surface area contributed by atoms with Crippen molar-refractivity contribution >= 4 is 5.71 Å². The van der Waals surface area contributed by atoms with Crippen molar-refractivity contribution in [1.82, 2.24) is 0 Å². The summed E-state index contributed by atoms with van der Waals surface area (Å²) in [4.78, 5) is 0. The fraction of sp³-hybridized carbons (Fsp3) is 0.545. The fourth-order valence-electron chi connectivity index (χ4n) is 1.000. The van der Waals surface area contributed by atoms with E-state index >= 15 is 0 Å². The van der Waals surface area contributed by atoms with Crippen molar-refractivity contribution in [3.05, 3.63) is 12.7 Å². The molecule has 2 heteroatoms. The molecule has 0 amide bonds. The van der Waals surface area contributed by atoms with E-state index in [-0.39, 0.29) is 0 Å². The Balaban J connectivity index is 3.58. The Bertz CT molecular complexity index is 220. The highest BCUT2D eigenvalue weighted by molar-refractivity contribution is 5.83. The first-order valence-electron chi connectivity index (χ1n) is 4.55. The normalized spacial score (nSPS) is 10.4. The van der Waals surface area contributed by atoms with Crippen LogP contribution >= 0.6 is 0 Å². The zero-order valence-electron chi connectivity index (χ0n) is 8.21. The van der Waals surface area contributed by atoms with E-state index in [0.29, 0.717) is 0 Å². The van der Waals surface area contributed by atoms with Gasteiger partial charge in [0.2, 0.25) is 0 Å². The molecule has 0 spiro atoms. The summed E-state index contributed by atoms with van der Waals surface area (Å²) in [5.74, 6) is 5.81. The van der Waals surface area contributed by atoms with Crippen molar-refractivity contribution in [2.75, 3.05) is 0 Å². The molecule has 0 fully saturated rings. The van der Waals surface area contributed by atoms with Gasteiger partial charge in [0.1, 0.15) is 0 Å². The van der Waals surface area contributed by atoms with E-state index in [1.165, 1.54) is 0 Å². The smallest absolute Gasteiger partial charge is 0.0574 e. The molecule has 0 aliphatic heterocycles. The Kier molecular flexibility index (Phi) is 8.02. The average molecular weight is 179 g/mol. The lowest BCUT2D eigenvalue weighted by Crippen LogP contribution is -1.97. The van der Waals surface area contributed by atoms with Crippen molar-refractivity contribution in [2.45, 2.75) is 39.0 Å². The van der Waals surface area contributed by atoms with E-state index < -0.39 is 0 Å². The van der Waals surface area contributed by atoms with Gasteiger partial charge in [-0.25, -0.2) is 0 Å². The van der Waals surface area contributed by atoms with Crippen LogP contribution < -0.4 is 0 Å². The molecule has 0 bridgehead atoms. The summed E-state index contributed by atoms with van der Waals surface area (Å²) in [6.45, 7) is 5.45. The lowest BCUT2D eigenvalue weighted by atomic mass is 10.1. The summed E-state index contributed by atoms with van der Waals surface area (Å²) in [5, 5.41) is 11.9. The second kappa shape index (κ2) is 8.86. The van der Waals surface area contributed by atoms with Gasteiger partial charge >= 0.3 is 0 Å². The Morgan fingerprint density at radius 2 is 2.31 bits per heavy atom. The number of rotatable bonds is 6. The van der Waals surface area contributed by atoms with Crippen LogP contribution in [0.5, 0.6) is 0 Å². The van der Waals surface area contributed by atoms with Gasteiger partial charge in [0.05, 0.1) is 5.71 Å². The van der Waals surface area contributed by atoms with Crippen LogP contribution in [0.15, 0.2) is 17.8 Å². The topological polar surface area (TPSA) is 32.6 Å². The highest BCUT2D eigenvalue weighted by Crippen LogP contribution is 2.03. The third kappa shape index (κ3) is 7.14. The second-order valence-corrected chi connectivity index (χ2v) is 2.77. The molecular weight excluding hydrogens is 162 g/mol. The molecule has 0 radical (unpaired) electrons. The molecule has 0 saturated carbocycles. The summed E-state index contributed by atoms with van der Waals surface area (Å²) in [6, 6.07) is 0. The van der Waals surface area contributed by atoms with Crippen LogP contribution in [0.4, 0.5) is 0 Å². The first kappa shape index (κ1) is 11.8. The van der Waals surface area contributed by atoms with Crippen LogP contribution in [0, 0.1) is 11.8 Å². The number of allylic oxidation sites excluding steroid dienone is 1. The maximum atomic E-state index is 8.63. The Hall–Kier alpha value is -1.23. The zero-order valence-corrected chi connectivity index (χ0v) is 8.21. The first-order valence-corrected chi connectivity index (χ1v) is 4.55. The van der Waals surface area contributed by atoms with Gasteiger partial charge in [-0.15, -0.1) is 18.4 Å². The maximum Gasteiger partial charge on any atom is 0.0574 e. The van der Waals surface area contributed by atoms with Gasteiger partial charge in [0, 0.05) is 6.42 Å². The van der Waals surface area contributed by atoms with Crippen molar-refractivity contribution in [3.63, 3.8) is 0 Å². The Morgan fingerprint density at radius 3 is 2.85 bits per heavy atom. The molecular formula is C11H17NO. The first-order chi connectivity index (χ1) is 6.35. The predicted octanol–water partition coefficient (Wildman–Crippen LogP) is 2.98. The third-order valence-corrected chi connectivity index (χ3v) is 1.72. The van der Waals surface area contributed by atoms with Crippen LogP contribution in [0.2, 0.25) is 0 Å². The summed E-state index contributed by atoms with van der Waals surface area (Å²) < 4.78 is 0. The van der Waals surface area contributed by atoms with Crippen LogP contribution in [0.3, 0.4) is 0 Å². The van der Waals surface area contributed by atoms with Crippen LogP contribution in [0.25, 0.3) is 0 Å². The van der Waals surface area contributed by atoms with Gasteiger partial charge in [0.15, 0.2) is 0 Å². The second-order valence-electron chi connectivity index (χ2n) is 2.77. The van der Waals surface area contributed by atoms with E-state index in [9.17, 15) is 0 Å². The van der Waals surface area contributed by atoms with Gasteiger partial charge in [0.25, 0.3) is 0 Å². The van der Waals surface area contributed by atoms with Crippen molar-refractivity contribution in [1.29, 1.82) is 0 Å². The van der Waals surface area contributed by atoms with Crippen LogP contribution in [-0.2, 0) is 0 Å². The molecule has 0 unspecified atom stereocenters. The Morgan fingerprint density at radius 1 is 1.54 bits per heavy atom. The van der Waals surface area contributed by atoms with Crippen molar-refractivity contribution in [3.8, 4) is 11.8 Å². The van der Waals surface area contributed by atoms with Crippen molar-refractivity contribution in [2.24, 2.45) is 5.16 Å². The van der Waals surface area contributed by atoms with E-state index in [0.717, 1.165) is 37.8 Å². The number of nitrogens with zero attached hydrogens (tertiary/aromatic N) is 1. The minimum Gasteiger partial charge on any atom is -0.411 e. The number of hydrogen-bond donors (Lipinski definition) is 1. The molecule has 72 valence electrons. The van der Waals surface area contributed by atoms with Gasteiger partial charge in [-0.05, 0) is 32.6 Å². The molecule has 0 rings (SSSR count). The molecule has 0 saturated heterocycles. The largest absolute Gasteiger partial charge is 0.411 e. The monoisotopic (exact) mass is 179 g/mol. The SMILES string of the molecule is C=CCC/C(CCCC#CC)=N/O. The van der Waals surface area contributed by atoms with Crippen LogP contribution in [-0.4, -0.2) is 10.9 Å². The molecule has 13 heavy (non-hydrogen) atoms.